The number of ether oxygens (including phenoxy) is 2. The van der Waals surface area contributed by atoms with Crippen molar-refractivity contribution in [2.45, 2.75) is 6.54 Å². The Morgan fingerprint density at radius 3 is 2.52 bits per heavy atom. The minimum Gasteiger partial charge on any atom is -0.454 e. The van der Waals surface area contributed by atoms with Crippen molar-refractivity contribution in [3.8, 4) is 11.5 Å². The molecule has 1 saturated heterocycles. The van der Waals surface area contributed by atoms with Gasteiger partial charge in [-0.15, -0.1) is 0 Å². The molecule has 2 aromatic carbocycles. The van der Waals surface area contributed by atoms with Crippen molar-refractivity contribution in [2.24, 2.45) is 0 Å². The van der Waals surface area contributed by atoms with E-state index in [1.54, 1.807) is 0 Å². The molecule has 2 aromatic rings. The van der Waals surface area contributed by atoms with Crippen LogP contribution in [0.5, 0.6) is 11.5 Å². The highest BCUT2D eigenvalue weighted by molar-refractivity contribution is 5.78. The number of amides is 1. The molecule has 2 heterocycles. The van der Waals surface area contributed by atoms with Gasteiger partial charge < -0.3 is 19.3 Å². The molecule has 0 radical (unpaired) electrons. The van der Waals surface area contributed by atoms with Crippen molar-refractivity contribution in [2.75, 3.05) is 51.5 Å². The van der Waals surface area contributed by atoms with Crippen molar-refractivity contribution in [3.63, 3.8) is 0 Å². The minimum atomic E-state index is 0.186. The average molecular weight is 367 g/mol. The molecule has 142 valence electrons. The van der Waals surface area contributed by atoms with Crippen molar-refractivity contribution >= 4 is 11.6 Å². The zero-order valence-corrected chi connectivity index (χ0v) is 15.6. The standard InChI is InChI=1S/C21H25N3O3/c1-22(14-17-7-8-19-20(13-17)27-16-26-19)15-21(25)24-11-9-23(10-12-24)18-5-3-2-4-6-18/h2-8,13H,9-12,14-16H2,1H3. The molecular formula is C21H25N3O3. The molecule has 0 saturated carbocycles. The fourth-order valence-corrected chi connectivity index (χ4v) is 3.59. The van der Waals surface area contributed by atoms with E-state index in [1.807, 2.05) is 41.1 Å². The van der Waals surface area contributed by atoms with Gasteiger partial charge in [0.2, 0.25) is 12.7 Å². The van der Waals surface area contributed by atoms with Gasteiger partial charge in [0, 0.05) is 38.4 Å². The first-order valence-electron chi connectivity index (χ1n) is 9.34. The van der Waals surface area contributed by atoms with E-state index in [0.717, 1.165) is 43.2 Å². The fraction of sp³-hybridized carbons (Fsp3) is 0.381. The second-order valence-electron chi connectivity index (χ2n) is 7.06. The van der Waals surface area contributed by atoms with Gasteiger partial charge >= 0.3 is 0 Å². The summed E-state index contributed by atoms with van der Waals surface area (Å²) >= 11 is 0. The molecule has 2 aliphatic heterocycles. The second-order valence-corrected chi connectivity index (χ2v) is 7.06. The Bertz CT molecular complexity index is 789. The lowest BCUT2D eigenvalue weighted by Crippen LogP contribution is -2.51. The number of rotatable bonds is 5. The van der Waals surface area contributed by atoms with Crippen molar-refractivity contribution in [1.82, 2.24) is 9.80 Å². The quantitative estimate of drug-likeness (QED) is 0.811. The third kappa shape index (κ3) is 4.17. The largest absolute Gasteiger partial charge is 0.454 e. The molecule has 0 bridgehead atoms. The van der Waals surface area contributed by atoms with Crippen LogP contribution in [-0.4, -0.2) is 62.3 Å². The Hall–Kier alpha value is -2.73. The fourth-order valence-electron chi connectivity index (χ4n) is 3.59. The van der Waals surface area contributed by atoms with Crippen LogP contribution >= 0.6 is 0 Å². The van der Waals surface area contributed by atoms with Crippen LogP contribution in [0.25, 0.3) is 0 Å². The Balaban J connectivity index is 1.27. The topological polar surface area (TPSA) is 45.3 Å². The minimum absolute atomic E-state index is 0.186. The Morgan fingerprint density at radius 1 is 1.00 bits per heavy atom. The predicted molar refractivity (Wildman–Crippen MR) is 104 cm³/mol. The van der Waals surface area contributed by atoms with Crippen molar-refractivity contribution in [3.05, 3.63) is 54.1 Å². The van der Waals surface area contributed by atoms with Crippen LogP contribution in [0.3, 0.4) is 0 Å². The summed E-state index contributed by atoms with van der Waals surface area (Å²) < 4.78 is 10.8. The molecule has 2 aliphatic rings. The SMILES string of the molecule is CN(CC(=O)N1CCN(c2ccccc2)CC1)Cc1ccc2c(c1)OCO2. The van der Waals surface area contributed by atoms with E-state index in [4.69, 9.17) is 9.47 Å². The summed E-state index contributed by atoms with van der Waals surface area (Å²) in [6.07, 6.45) is 0. The first-order valence-corrected chi connectivity index (χ1v) is 9.34. The highest BCUT2D eigenvalue weighted by atomic mass is 16.7. The number of carbonyl (C=O) groups excluding carboxylic acids is 1. The number of fused-ring (bicyclic) bond motifs is 1. The van der Waals surface area contributed by atoms with Crippen LogP contribution < -0.4 is 14.4 Å². The normalized spacial score (nSPS) is 16.1. The highest BCUT2D eigenvalue weighted by Crippen LogP contribution is 2.32. The number of hydrogen-bond acceptors (Lipinski definition) is 5. The summed E-state index contributed by atoms with van der Waals surface area (Å²) in [6.45, 7) is 4.69. The molecule has 1 fully saturated rings. The molecule has 6 heteroatoms. The van der Waals surface area contributed by atoms with Crippen molar-refractivity contribution < 1.29 is 14.3 Å². The lowest BCUT2D eigenvalue weighted by Gasteiger charge is -2.36. The van der Waals surface area contributed by atoms with Crippen LogP contribution in [0.2, 0.25) is 0 Å². The van der Waals surface area contributed by atoms with Gasteiger partial charge in [0.15, 0.2) is 11.5 Å². The summed E-state index contributed by atoms with van der Waals surface area (Å²) in [5.41, 5.74) is 2.34. The molecular weight excluding hydrogens is 342 g/mol. The molecule has 4 rings (SSSR count). The average Bonchev–Trinajstić information content (AvgIpc) is 3.16. The Labute approximate surface area is 159 Å². The number of para-hydroxylation sites is 1. The smallest absolute Gasteiger partial charge is 0.236 e. The summed E-state index contributed by atoms with van der Waals surface area (Å²) in [7, 11) is 1.97. The number of anilines is 1. The highest BCUT2D eigenvalue weighted by Gasteiger charge is 2.22. The van der Waals surface area contributed by atoms with Crippen LogP contribution in [0.15, 0.2) is 48.5 Å². The monoisotopic (exact) mass is 367 g/mol. The number of benzene rings is 2. The molecule has 0 aromatic heterocycles. The third-order valence-corrected chi connectivity index (χ3v) is 5.05. The summed E-state index contributed by atoms with van der Waals surface area (Å²) in [5, 5.41) is 0. The number of hydrogen-bond donors (Lipinski definition) is 0. The van der Waals surface area contributed by atoms with Crippen LogP contribution in [0, 0.1) is 0 Å². The number of likely N-dealkylation sites (N-methyl/N-ethyl adjacent to an activating group) is 1. The van der Waals surface area contributed by atoms with E-state index in [2.05, 4.69) is 29.2 Å². The van der Waals surface area contributed by atoms with Gasteiger partial charge in [-0.25, -0.2) is 0 Å². The first kappa shape index (κ1) is 17.7. The lowest BCUT2D eigenvalue weighted by atomic mass is 10.2. The van der Waals surface area contributed by atoms with Gasteiger partial charge in [-0.2, -0.15) is 0 Å². The van der Waals surface area contributed by atoms with E-state index in [0.29, 0.717) is 13.1 Å². The summed E-state index contributed by atoms with van der Waals surface area (Å²) in [4.78, 5) is 19.0. The predicted octanol–water partition coefficient (Wildman–Crippen LogP) is 2.20. The second kappa shape index (κ2) is 7.88. The number of carbonyl (C=O) groups is 1. The molecule has 0 atom stereocenters. The molecule has 0 spiro atoms. The van der Waals surface area contributed by atoms with Crippen LogP contribution in [0.1, 0.15) is 5.56 Å². The molecule has 0 aliphatic carbocycles. The maximum Gasteiger partial charge on any atom is 0.236 e. The summed E-state index contributed by atoms with van der Waals surface area (Å²) in [6, 6.07) is 16.3. The number of nitrogens with zero attached hydrogens (tertiary/aromatic N) is 3. The number of piperazine rings is 1. The molecule has 6 nitrogen and oxygen atoms in total. The first-order chi connectivity index (χ1) is 13.2. The molecule has 0 unspecified atom stereocenters. The van der Waals surface area contributed by atoms with E-state index in [-0.39, 0.29) is 12.7 Å². The van der Waals surface area contributed by atoms with E-state index in [1.165, 1.54) is 5.69 Å². The summed E-state index contributed by atoms with van der Waals surface area (Å²) in [5.74, 6) is 1.75. The van der Waals surface area contributed by atoms with Crippen LogP contribution in [-0.2, 0) is 11.3 Å². The Morgan fingerprint density at radius 2 is 1.74 bits per heavy atom. The van der Waals surface area contributed by atoms with Gasteiger partial charge in [0.1, 0.15) is 0 Å². The van der Waals surface area contributed by atoms with E-state index < -0.39 is 0 Å². The third-order valence-electron chi connectivity index (χ3n) is 5.05. The maximum atomic E-state index is 12.7. The molecule has 27 heavy (non-hydrogen) atoms. The lowest BCUT2D eigenvalue weighted by molar-refractivity contribution is -0.132. The van der Waals surface area contributed by atoms with Gasteiger partial charge in [-0.05, 0) is 36.9 Å². The maximum absolute atomic E-state index is 12.7. The Kier molecular flexibility index (Phi) is 5.16. The molecule has 1 amide bonds. The van der Waals surface area contributed by atoms with Gasteiger partial charge in [-0.3, -0.25) is 9.69 Å². The van der Waals surface area contributed by atoms with Crippen LogP contribution in [0.4, 0.5) is 5.69 Å². The van der Waals surface area contributed by atoms with Gasteiger partial charge in [0.25, 0.3) is 0 Å². The van der Waals surface area contributed by atoms with E-state index in [9.17, 15) is 4.79 Å². The van der Waals surface area contributed by atoms with Gasteiger partial charge in [0.05, 0.1) is 6.54 Å². The zero-order chi connectivity index (χ0) is 18.6. The van der Waals surface area contributed by atoms with Gasteiger partial charge in [-0.1, -0.05) is 24.3 Å². The zero-order valence-electron chi connectivity index (χ0n) is 15.6. The molecule has 0 N–H and O–H groups in total. The van der Waals surface area contributed by atoms with Crippen molar-refractivity contribution in [1.29, 1.82) is 0 Å². The van der Waals surface area contributed by atoms with E-state index >= 15 is 0 Å².